The van der Waals surface area contributed by atoms with Crippen LogP contribution in [0.25, 0.3) is 0 Å². The quantitative estimate of drug-likeness (QED) is 0.821. The smallest absolute Gasteiger partial charge is 0.248 e. The molecule has 2 heterocycles. The van der Waals surface area contributed by atoms with Crippen LogP contribution in [0.3, 0.4) is 0 Å². The summed E-state index contributed by atoms with van der Waals surface area (Å²) in [4.78, 5) is 21.1. The summed E-state index contributed by atoms with van der Waals surface area (Å²) in [6.45, 7) is 4.94. The summed E-state index contributed by atoms with van der Waals surface area (Å²) in [7, 11) is 1.55. The van der Waals surface area contributed by atoms with Crippen LogP contribution in [-0.2, 0) is 9.53 Å². The van der Waals surface area contributed by atoms with Gasteiger partial charge in [-0.15, -0.1) is 0 Å². The van der Waals surface area contributed by atoms with Gasteiger partial charge in [0.2, 0.25) is 5.91 Å². The van der Waals surface area contributed by atoms with Gasteiger partial charge in [-0.3, -0.25) is 4.79 Å². The number of aryl methyl sites for hydroxylation is 1. The van der Waals surface area contributed by atoms with Crippen LogP contribution in [0.5, 0.6) is 11.5 Å². The third-order valence-electron chi connectivity index (χ3n) is 4.89. The number of carbonyl (C=O) groups is 1. The second kappa shape index (κ2) is 7.40. The summed E-state index contributed by atoms with van der Waals surface area (Å²) in [5, 5.41) is 0. The highest BCUT2D eigenvalue weighted by molar-refractivity contribution is 6.03. The highest BCUT2D eigenvalue weighted by Crippen LogP contribution is 2.38. The Hall–Kier alpha value is -2.86. The first-order chi connectivity index (χ1) is 13.2. The predicted octanol–water partition coefficient (Wildman–Crippen LogP) is 2.97. The average Bonchev–Trinajstić information content (AvgIpc) is 2.84. The van der Waals surface area contributed by atoms with Crippen molar-refractivity contribution in [2.24, 2.45) is 4.99 Å². The number of rotatable bonds is 2. The van der Waals surface area contributed by atoms with Crippen molar-refractivity contribution in [3.8, 4) is 11.5 Å². The van der Waals surface area contributed by atoms with Crippen molar-refractivity contribution in [2.45, 2.75) is 6.92 Å². The number of carbonyl (C=O) groups excluding carboxylic acids is 1. The lowest BCUT2D eigenvalue weighted by molar-refractivity contribution is -0.136. The average molecular weight is 365 g/mol. The van der Waals surface area contributed by atoms with E-state index in [9.17, 15) is 4.79 Å². The normalized spacial score (nSPS) is 16.0. The Balaban J connectivity index is 1.65. The molecule has 2 aliphatic heterocycles. The van der Waals surface area contributed by atoms with Crippen LogP contribution in [0.1, 0.15) is 11.1 Å². The molecule has 0 atom stereocenters. The zero-order chi connectivity index (χ0) is 18.8. The largest absolute Gasteiger partial charge is 0.454 e. The molecule has 2 aromatic carbocycles. The van der Waals surface area contributed by atoms with Crippen molar-refractivity contribution in [3.05, 3.63) is 53.6 Å². The highest BCUT2D eigenvalue weighted by Gasteiger charge is 2.27. The molecule has 6 heteroatoms. The number of nitrogens with zero attached hydrogens (tertiary/aromatic N) is 3. The number of fused-ring (bicyclic) bond motifs is 2. The van der Waals surface area contributed by atoms with Gasteiger partial charge in [0, 0.05) is 33.3 Å². The number of ether oxygens (including phenoxy) is 2. The van der Waals surface area contributed by atoms with Gasteiger partial charge in [-0.25, -0.2) is 4.99 Å². The van der Waals surface area contributed by atoms with Crippen molar-refractivity contribution in [1.29, 1.82) is 0 Å². The topological polar surface area (TPSA) is 54.4 Å². The summed E-state index contributed by atoms with van der Waals surface area (Å²) in [5.41, 5.74) is 2.93. The first-order valence-corrected chi connectivity index (χ1v) is 9.14. The maximum absolute atomic E-state index is 12.1. The minimum Gasteiger partial charge on any atom is -0.454 e. The van der Waals surface area contributed by atoms with Crippen molar-refractivity contribution in [1.82, 2.24) is 9.80 Å². The van der Waals surface area contributed by atoms with Crippen LogP contribution in [-0.4, -0.2) is 61.4 Å². The van der Waals surface area contributed by atoms with Gasteiger partial charge in [0.1, 0.15) is 23.9 Å². The van der Waals surface area contributed by atoms with Gasteiger partial charge in [-0.2, -0.15) is 0 Å². The Morgan fingerprint density at radius 2 is 1.89 bits per heavy atom. The van der Waals surface area contributed by atoms with E-state index in [1.54, 1.807) is 7.11 Å². The van der Waals surface area contributed by atoms with Gasteiger partial charge in [-0.1, -0.05) is 18.2 Å². The third kappa shape index (κ3) is 3.53. The van der Waals surface area contributed by atoms with Crippen LogP contribution < -0.4 is 4.74 Å². The SMILES string of the molecule is COCC(=O)N1CCN(C2=Nc3ccc(C)cc3Oc3ccccc32)CC1. The number of para-hydroxylation sites is 1. The number of hydrogen-bond acceptors (Lipinski definition) is 5. The Morgan fingerprint density at radius 3 is 2.67 bits per heavy atom. The number of amides is 1. The molecule has 2 aliphatic rings. The molecule has 2 aromatic rings. The van der Waals surface area contributed by atoms with Gasteiger partial charge < -0.3 is 19.3 Å². The molecule has 4 rings (SSSR count). The molecule has 1 fully saturated rings. The first kappa shape index (κ1) is 17.5. The molecule has 0 N–H and O–H groups in total. The van der Waals surface area contributed by atoms with Crippen LogP contribution in [0.15, 0.2) is 47.5 Å². The minimum atomic E-state index is 0.0320. The minimum absolute atomic E-state index is 0.0320. The molecule has 0 aliphatic carbocycles. The van der Waals surface area contributed by atoms with E-state index in [4.69, 9.17) is 14.5 Å². The Labute approximate surface area is 159 Å². The summed E-state index contributed by atoms with van der Waals surface area (Å²) in [5.74, 6) is 2.50. The number of benzene rings is 2. The van der Waals surface area contributed by atoms with E-state index in [-0.39, 0.29) is 12.5 Å². The summed E-state index contributed by atoms with van der Waals surface area (Å²) >= 11 is 0. The lowest BCUT2D eigenvalue weighted by Gasteiger charge is -2.36. The van der Waals surface area contributed by atoms with Crippen molar-refractivity contribution < 1.29 is 14.3 Å². The van der Waals surface area contributed by atoms with Gasteiger partial charge in [0.05, 0.1) is 5.56 Å². The van der Waals surface area contributed by atoms with E-state index < -0.39 is 0 Å². The van der Waals surface area contributed by atoms with Crippen LogP contribution >= 0.6 is 0 Å². The molecule has 0 saturated carbocycles. The Bertz CT molecular complexity index is 886. The van der Waals surface area contributed by atoms with Crippen molar-refractivity contribution in [2.75, 3.05) is 39.9 Å². The lowest BCUT2D eigenvalue weighted by Crippen LogP contribution is -2.51. The molecule has 0 aromatic heterocycles. The van der Waals surface area contributed by atoms with E-state index in [2.05, 4.69) is 4.90 Å². The number of methoxy groups -OCH3 is 1. The van der Waals surface area contributed by atoms with Crippen molar-refractivity contribution in [3.63, 3.8) is 0 Å². The summed E-state index contributed by atoms with van der Waals surface area (Å²) in [6.07, 6.45) is 0. The molecular weight excluding hydrogens is 342 g/mol. The Morgan fingerprint density at radius 1 is 1.11 bits per heavy atom. The van der Waals surface area contributed by atoms with Crippen LogP contribution in [0.4, 0.5) is 5.69 Å². The highest BCUT2D eigenvalue weighted by atomic mass is 16.5. The second-order valence-corrected chi connectivity index (χ2v) is 6.81. The van der Waals surface area contributed by atoms with Gasteiger partial charge in [-0.05, 0) is 36.8 Å². The summed E-state index contributed by atoms with van der Waals surface area (Å²) in [6, 6.07) is 14.0. The molecule has 0 unspecified atom stereocenters. The van der Waals surface area contributed by atoms with Gasteiger partial charge in [0.25, 0.3) is 0 Å². The van der Waals surface area contributed by atoms with E-state index in [0.717, 1.165) is 47.2 Å². The van der Waals surface area contributed by atoms with Crippen LogP contribution in [0, 0.1) is 6.92 Å². The number of piperazine rings is 1. The fourth-order valence-electron chi connectivity index (χ4n) is 3.45. The molecule has 0 radical (unpaired) electrons. The second-order valence-electron chi connectivity index (χ2n) is 6.81. The number of aliphatic imine (C=N–C) groups is 1. The third-order valence-corrected chi connectivity index (χ3v) is 4.89. The predicted molar refractivity (Wildman–Crippen MR) is 104 cm³/mol. The monoisotopic (exact) mass is 365 g/mol. The zero-order valence-electron chi connectivity index (χ0n) is 15.6. The van der Waals surface area contributed by atoms with E-state index in [1.807, 2.05) is 54.3 Å². The van der Waals surface area contributed by atoms with E-state index >= 15 is 0 Å². The first-order valence-electron chi connectivity index (χ1n) is 9.14. The molecule has 6 nitrogen and oxygen atoms in total. The number of amidine groups is 1. The fraction of sp³-hybridized carbons (Fsp3) is 0.333. The fourth-order valence-corrected chi connectivity index (χ4v) is 3.45. The molecule has 0 bridgehead atoms. The zero-order valence-corrected chi connectivity index (χ0v) is 15.6. The molecular formula is C21H23N3O3. The molecule has 27 heavy (non-hydrogen) atoms. The summed E-state index contributed by atoms with van der Waals surface area (Å²) < 4.78 is 11.1. The molecule has 140 valence electrons. The molecule has 0 spiro atoms. The molecule has 1 amide bonds. The standard InChI is InChI=1S/C21H23N3O3/c1-15-7-8-17-19(13-15)27-18-6-4-3-5-16(18)21(22-17)24-11-9-23(10-12-24)20(25)14-26-2/h3-8,13H,9-12,14H2,1-2H3. The number of hydrogen-bond donors (Lipinski definition) is 0. The maximum atomic E-state index is 12.1. The lowest BCUT2D eigenvalue weighted by atomic mass is 10.1. The van der Waals surface area contributed by atoms with E-state index in [0.29, 0.717) is 13.1 Å². The van der Waals surface area contributed by atoms with Crippen LogP contribution in [0.2, 0.25) is 0 Å². The maximum Gasteiger partial charge on any atom is 0.248 e. The molecule has 1 saturated heterocycles. The van der Waals surface area contributed by atoms with E-state index in [1.165, 1.54) is 0 Å². The van der Waals surface area contributed by atoms with Gasteiger partial charge >= 0.3 is 0 Å². The Kier molecular flexibility index (Phi) is 4.81. The van der Waals surface area contributed by atoms with Gasteiger partial charge in [0.15, 0.2) is 5.75 Å². The van der Waals surface area contributed by atoms with Crippen molar-refractivity contribution >= 4 is 17.4 Å².